The number of hydrogen-bond donors (Lipinski definition) is 1. The summed E-state index contributed by atoms with van der Waals surface area (Å²) in [6, 6.07) is 2.98. The van der Waals surface area contributed by atoms with Gasteiger partial charge in [0.2, 0.25) is 0 Å². The van der Waals surface area contributed by atoms with Crippen molar-refractivity contribution in [2.24, 2.45) is 7.05 Å². The van der Waals surface area contributed by atoms with Crippen LogP contribution in [-0.4, -0.2) is 15.5 Å². The maximum Gasteiger partial charge on any atom is 0.263 e. The first-order chi connectivity index (χ1) is 10.2. The summed E-state index contributed by atoms with van der Waals surface area (Å²) < 4.78 is 1.39. The van der Waals surface area contributed by atoms with Crippen molar-refractivity contribution < 1.29 is 4.79 Å². The zero-order valence-corrected chi connectivity index (χ0v) is 14.3. The van der Waals surface area contributed by atoms with Crippen molar-refractivity contribution in [3.05, 3.63) is 50.3 Å². The Morgan fingerprint density at radius 1 is 1.41 bits per heavy atom. The van der Waals surface area contributed by atoms with Gasteiger partial charge in [0.15, 0.2) is 0 Å². The number of nitrogens with one attached hydrogen (secondary N) is 1. The second-order valence-electron chi connectivity index (χ2n) is 6.35. The molecular weight excluding hydrogens is 298 g/mol. The fraction of sp³-hybridized carbons (Fsp3) is 0.438. The molecule has 0 fully saturated rings. The molecule has 2 heterocycles. The molecule has 2 rings (SSSR count). The molecule has 2 aromatic heterocycles. The lowest BCUT2D eigenvalue weighted by Crippen LogP contribution is -2.33. The number of rotatable bonds is 3. The predicted octanol–water partition coefficient (Wildman–Crippen LogP) is 2.63. The van der Waals surface area contributed by atoms with Gasteiger partial charge < -0.3 is 9.88 Å². The van der Waals surface area contributed by atoms with Crippen LogP contribution < -0.4 is 10.9 Å². The highest BCUT2D eigenvalue weighted by Crippen LogP contribution is 2.26. The quantitative estimate of drug-likeness (QED) is 0.946. The van der Waals surface area contributed by atoms with Gasteiger partial charge in [-0.25, -0.2) is 4.98 Å². The standard InChI is InChI=1S/C16H21N3O2S/c1-10(14-18-12(9-22-14)16(2,3)4)17-13(20)11-7-6-8-19(5)15(11)21/h6-10H,1-5H3,(H,17,20). The Balaban J connectivity index is 2.16. The molecule has 0 bridgehead atoms. The molecule has 1 amide bonds. The Morgan fingerprint density at radius 3 is 2.68 bits per heavy atom. The minimum atomic E-state index is -0.374. The summed E-state index contributed by atoms with van der Waals surface area (Å²) in [5, 5.41) is 5.69. The number of hydrogen-bond acceptors (Lipinski definition) is 4. The molecule has 2 aromatic rings. The Bertz CT molecular complexity index is 740. The first kappa shape index (κ1) is 16.4. The molecular formula is C16H21N3O2S. The number of carbonyl (C=O) groups excluding carboxylic acids is 1. The van der Waals surface area contributed by atoms with Crippen molar-refractivity contribution in [2.45, 2.75) is 39.2 Å². The fourth-order valence-electron chi connectivity index (χ4n) is 1.94. The van der Waals surface area contributed by atoms with Crippen LogP contribution in [0.25, 0.3) is 0 Å². The van der Waals surface area contributed by atoms with Crippen molar-refractivity contribution in [1.29, 1.82) is 0 Å². The molecule has 5 nitrogen and oxygen atoms in total. The molecule has 0 aliphatic rings. The highest BCUT2D eigenvalue weighted by molar-refractivity contribution is 7.09. The SMILES string of the molecule is CC(NC(=O)c1cccn(C)c1=O)c1nc(C(C)(C)C)cs1. The third kappa shape index (κ3) is 3.44. The number of amides is 1. The molecule has 0 saturated carbocycles. The minimum absolute atomic E-state index is 0.0200. The Hall–Kier alpha value is -1.95. The van der Waals surface area contributed by atoms with Gasteiger partial charge in [-0.1, -0.05) is 20.8 Å². The van der Waals surface area contributed by atoms with Crippen LogP contribution >= 0.6 is 11.3 Å². The number of nitrogens with zero attached hydrogens (tertiary/aromatic N) is 2. The fourth-order valence-corrected chi connectivity index (χ4v) is 2.99. The monoisotopic (exact) mass is 319 g/mol. The third-order valence-electron chi connectivity index (χ3n) is 3.38. The zero-order valence-electron chi connectivity index (χ0n) is 13.5. The van der Waals surface area contributed by atoms with E-state index in [0.717, 1.165) is 10.7 Å². The number of aromatic nitrogens is 2. The molecule has 0 spiro atoms. The van der Waals surface area contributed by atoms with E-state index in [9.17, 15) is 9.59 Å². The van der Waals surface area contributed by atoms with E-state index in [-0.39, 0.29) is 28.5 Å². The molecule has 6 heteroatoms. The lowest BCUT2D eigenvalue weighted by molar-refractivity contribution is 0.0937. The molecule has 0 radical (unpaired) electrons. The minimum Gasteiger partial charge on any atom is -0.343 e. The smallest absolute Gasteiger partial charge is 0.263 e. The molecule has 22 heavy (non-hydrogen) atoms. The van der Waals surface area contributed by atoms with Crippen LogP contribution in [0.1, 0.15) is 54.8 Å². The molecule has 1 atom stereocenters. The number of thiazole rings is 1. The average Bonchev–Trinajstić information content (AvgIpc) is 2.91. The van der Waals surface area contributed by atoms with E-state index in [1.54, 1.807) is 19.3 Å². The second kappa shape index (κ2) is 6.04. The van der Waals surface area contributed by atoms with E-state index in [0.29, 0.717) is 0 Å². The Morgan fingerprint density at radius 2 is 2.09 bits per heavy atom. The topological polar surface area (TPSA) is 64.0 Å². The van der Waals surface area contributed by atoms with E-state index in [1.165, 1.54) is 22.0 Å². The van der Waals surface area contributed by atoms with E-state index in [4.69, 9.17) is 0 Å². The van der Waals surface area contributed by atoms with Crippen molar-refractivity contribution >= 4 is 17.2 Å². The summed E-state index contributed by atoms with van der Waals surface area (Å²) in [4.78, 5) is 28.8. The lowest BCUT2D eigenvalue weighted by atomic mass is 9.93. The van der Waals surface area contributed by atoms with Gasteiger partial charge in [-0.05, 0) is 19.1 Å². The van der Waals surface area contributed by atoms with Gasteiger partial charge in [0.05, 0.1) is 11.7 Å². The Labute approximate surface area is 134 Å². The molecule has 0 aliphatic heterocycles. The van der Waals surface area contributed by atoms with E-state index in [2.05, 4.69) is 31.1 Å². The largest absolute Gasteiger partial charge is 0.343 e. The first-order valence-electron chi connectivity index (χ1n) is 7.12. The molecule has 0 saturated heterocycles. The summed E-state index contributed by atoms with van der Waals surface area (Å²) in [5.74, 6) is -0.374. The molecule has 1 unspecified atom stereocenters. The lowest BCUT2D eigenvalue weighted by Gasteiger charge is -2.15. The summed E-state index contributed by atoms with van der Waals surface area (Å²) in [5.41, 5.74) is 0.823. The summed E-state index contributed by atoms with van der Waals surface area (Å²) in [7, 11) is 1.62. The van der Waals surface area contributed by atoms with E-state index < -0.39 is 0 Å². The second-order valence-corrected chi connectivity index (χ2v) is 7.24. The van der Waals surface area contributed by atoms with Gasteiger partial charge in [0.25, 0.3) is 11.5 Å². The molecule has 0 aromatic carbocycles. The van der Waals surface area contributed by atoms with Crippen LogP contribution in [-0.2, 0) is 12.5 Å². The van der Waals surface area contributed by atoms with Crippen molar-refractivity contribution in [2.75, 3.05) is 0 Å². The number of aryl methyl sites for hydroxylation is 1. The van der Waals surface area contributed by atoms with Gasteiger partial charge in [0.1, 0.15) is 10.6 Å². The molecule has 118 valence electrons. The van der Waals surface area contributed by atoms with Crippen LogP contribution in [0, 0.1) is 0 Å². The summed E-state index contributed by atoms with van der Waals surface area (Å²) in [6.07, 6.45) is 1.62. The van der Waals surface area contributed by atoms with Crippen LogP contribution in [0.3, 0.4) is 0 Å². The van der Waals surface area contributed by atoms with Crippen molar-refractivity contribution in [1.82, 2.24) is 14.9 Å². The maximum absolute atomic E-state index is 12.3. The highest BCUT2D eigenvalue weighted by Gasteiger charge is 2.21. The Kier molecular flexibility index (Phi) is 4.51. The van der Waals surface area contributed by atoms with Gasteiger partial charge in [-0.3, -0.25) is 9.59 Å². The van der Waals surface area contributed by atoms with E-state index in [1.807, 2.05) is 12.3 Å². The van der Waals surface area contributed by atoms with Crippen molar-refractivity contribution in [3.8, 4) is 0 Å². The van der Waals surface area contributed by atoms with Gasteiger partial charge in [0, 0.05) is 24.0 Å². The van der Waals surface area contributed by atoms with E-state index >= 15 is 0 Å². The predicted molar refractivity (Wildman–Crippen MR) is 88.4 cm³/mol. The third-order valence-corrected chi connectivity index (χ3v) is 4.40. The number of pyridine rings is 1. The maximum atomic E-state index is 12.3. The van der Waals surface area contributed by atoms with Crippen LogP contribution in [0.15, 0.2) is 28.5 Å². The normalized spacial score (nSPS) is 13.0. The molecule has 0 aliphatic carbocycles. The average molecular weight is 319 g/mol. The summed E-state index contributed by atoms with van der Waals surface area (Å²) in [6.45, 7) is 8.17. The van der Waals surface area contributed by atoms with Crippen LogP contribution in [0.5, 0.6) is 0 Å². The van der Waals surface area contributed by atoms with Gasteiger partial charge >= 0.3 is 0 Å². The first-order valence-corrected chi connectivity index (χ1v) is 8.00. The van der Waals surface area contributed by atoms with Crippen LogP contribution in [0.2, 0.25) is 0 Å². The molecule has 1 N–H and O–H groups in total. The zero-order chi connectivity index (χ0) is 16.5. The van der Waals surface area contributed by atoms with Crippen molar-refractivity contribution in [3.63, 3.8) is 0 Å². The van der Waals surface area contributed by atoms with Gasteiger partial charge in [-0.15, -0.1) is 11.3 Å². The highest BCUT2D eigenvalue weighted by atomic mass is 32.1. The van der Waals surface area contributed by atoms with Crippen LogP contribution in [0.4, 0.5) is 0 Å². The van der Waals surface area contributed by atoms with Gasteiger partial charge in [-0.2, -0.15) is 0 Å². The number of carbonyl (C=O) groups is 1. The summed E-state index contributed by atoms with van der Waals surface area (Å²) >= 11 is 1.52.